The highest BCUT2D eigenvalue weighted by Gasteiger charge is 2.07. The largest absolute Gasteiger partial charge is 0.497 e. The maximum atomic E-state index is 10.7. The second-order valence-corrected chi connectivity index (χ2v) is 7.70. The summed E-state index contributed by atoms with van der Waals surface area (Å²) in [6.45, 7) is 1.66. The van der Waals surface area contributed by atoms with Crippen LogP contribution in [0.4, 0.5) is 0 Å². The van der Waals surface area contributed by atoms with Gasteiger partial charge in [0.05, 0.1) is 7.11 Å². The van der Waals surface area contributed by atoms with E-state index in [4.69, 9.17) is 14.6 Å². The zero-order valence-electron chi connectivity index (χ0n) is 17.0. The first-order valence-corrected chi connectivity index (χ1v) is 10.5. The monoisotopic (exact) mass is 420 g/mol. The fourth-order valence-corrected chi connectivity index (χ4v) is 3.92. The molecule has 3 aromatic carbocycles. The molecule has 0 spiro atoms. The lowest BCUT2D eigenvalue weighted by Crippen LogP contribution is -2.09. The molecule has 0 aliphatic rings. The van der Waals surface area contributed by atoms with Crippen LogP contribution < -0.4 is 9.47 Å². The Morgan fingerprint density at radius 2 is 1.73 bits per heavy atom. The molecular weight excluding hydrogens is 396 g/mol. The second-order valence-electron chi connectivity index (χ2n) is 6.64. The number of hydrogen-bond acceptors (Lipinski definition) is 4. The molecule has 4 nitrogen and oxygen atoms in total. The molecule has 0 aliphatic heterocycles. The normalized spacial score (nSPS) is 11.2. The second kappa shape index (κ2) is 10.6. The third-order valence-electron chi connectivity index (χ3n) is 4.50. The van der Waals surface area contributed by atoms with Crippen molar-refractivity contribution in [2.75, 3.05) is 19.5 Å². The van der Waals surface area contributed by atoms with Gasteiger partial charge in [0.15, 0.2) is 6.61 Å². The Balaban J connectivity index is 1.79. The molecule has 0 saturated carbocycles. The highest BCUT2D eigenvalue weighted by atomic mass is 32.2. The average Bonchev–Trinajstić information content (AvgIpc) is 2.77. The lowest BCUT2D eigenvalue weighted by Gasteiger charge is -2.11. The number of ether oxygens (including phenoxy) is 2. The smallest absolute Gasteiger partial charge is 0.341 e. The van der Waals surface area contributed by atoms with Gasteiger partial charge in [-0.3, -0.25) is 0 Å². The van der Waals surface area contributed by atoms with Gasteiger partial charge in [-0.2, -0.15) is 0 Å². The van der Waals surface area contributed by atoms with Gasteiger partial charge in [0, 0.05) is 10.6 Å². The molecule has 0 aliphatic carbocycles. The quantitative estimate of drug-likeness (QED) is 0.451. The fourth-order valence-electron chi connectivity index (χ4n) is 3.04. The number of methoxy groups -OCH3 is 1. The van der Waals surface area contributed by atoms with Crippen LogP contribution in [0.15, 0.2) is 83.8 Å². The Labute approximate surface area is 181 Å². The van der Waals surface area contributed by atoms with Crippen LogP contribution >= 0.6 is 11.8 Å². The van der Waals surface area contributed by atoms with Crippen molar-refractivity contribution in [1.82, 2.24) is 0 Å². The number of hydrogen-bond donors (Lipinski definition) is 1. The molecular formula is C25H24O4S. The van der Waals surface area contributed by atoms with Crippen LogP contribution in [0.3, 0.4) is 0 Å². The molecule has 0 fully saturated rings. The summed E-state index contributed by atoms with van der Waals surface area (Å²) in [5, 5.41) is 8.74. The predicted molar refractivity (Wildman–Crippen MR) is 122 cm³/mol. The first-order valence-electron chi connectivity index (χ1n) is 9.55. The van der Waals surface area contributed by atoms with Crippen molar-refractivity contribution in [3.63, 3.8) is 0 Å². The SMILES string of the molecule is COc1cccc(/C(=C\CSc2ccc(OCC(=O)O)cc2C)c2ccccc2)c1. The van der Waals surface area contributed by atoms with Crippen LogP contribution in [0.1, 0.15) is 16.7 Å². The first-order chi connectivity index (χ1) is 14.6. The van der Waals surface area contributed by atoms with Crippen molar-refractivity contribution in [1.29, 1.82) is 0 Å². The lowest BCUT2D eigenvalue weighted by atomic mass is 9.98. The number of aliphatic carboxylic acids is 1. The molecule has 3 aromatic rings. The topological polar surface area (TPSA) is 55.8 Å². The van der Waals surface area contributed by atoms with Gasteiger partial charge in [0.25, 0.3) is 0 Å². The molecule has 0 atom stereocenters. The van der Waals surface area contributed by atoms with E-state index >= 15 is 0 Å². The molecule has 30 heavy (non-hydrogen) atoms. The van der Waals surface area contributed by atoms with Crippen LogP contribution in [0.25, 0.3) is 5.57 Å². The minimum absolute atomic E-state index is 0.338. The summed E-state index contributed by atoms with van der Waals surface area (Å²) in [5.41, 5.74) is 4.47. The van der Waals surface area contributed by atoms with Gasteiger partial charge in [0.2, 0.25) is 0 Å². The van der Waals surface area contributed by atoms with Crippen LogP contribution in [-0.4, -0.2) is 30.5 Å². The molecule has 154 valence electrons. The van der Waals surface area contributed by atoms with Gasteiger partial charge >= 0.3 is 5.97 Å². The number of rotatable bonds is 9. The Morgan fingerprint density at radius 1 is 0.967 bits per heavy atom. The minimum Gasteiger partial charge on any atom is -0.497 e. The van der Waals surface area contributed by atoms with E-state index in [9.17, 15) is 4.79 Å². The minimum atomic E-state index is -0.984. The van der Waals surface area contributed by atoms with Gasteiger partial charge in [-0.25, -0.2) is 4.79 Å². The van der Waals surface area contributed by atoms with Gasteiger partial charge in [0.1, 0.15) is 11.5 Å². The van der Waals surface area contributed by atoms with E-state index in [1.54, 1.807) is 18.9 Å². The molecule has 0 radical (unpaired) electrons. The van der Waals surface area contributed by atoms with Gasteiger partial charge in [-0.15, -0.1) is 11.8 Å². The van der Waals surface area contributed by atoms with Crippen molar-refractivity contribution in [3.05, 3.63) is 95.6 Å². The first kappa shape index (κ1) is 21.5. The van der Waals surface area contributed by atoms with Gasteiger partial charge in [-0.05, 0) is 59.5 Å². The molecule has 0 amide bonds. The van der Waals surface area contributed by atoms with Crippen molar-refractivity contribution in [2.24, 2.45) is 0 Å². The average molecular weight is 421 g/mol. The van der Waals surface area contributed by atoms with E-state index in [1.807, 2.05) is 61.5 Å². The molecule has 0 bridgehead atoms. The number of carbonyl (C=O) groups is 1. The molecule has 1 N–H and O–H groups in total. The standard InChI is InChI=1S/C25H24O4S/c1-18-15-22(29-17-25(26)27)11-12-24(18)30-14-13-23(19-7-4-3-5-8-19)20-9-6-10-21(16-20)28-2/h3-13,15-16H,14,17H2,1-2H3,(H,26,27)/b23-13-. The fraction of sp³-hybridized carbons (Fsp3) is 0.160. The van der Waals surface area contributed by atoms with Crippen LogP contribution in [-0.2, 0) is 4.79 Å². The van der Waals surface area contributed by atoms with E-state index in [-0.39, 0.29) is 6.61 Å². The summed E-state index contributed by atoms with van der Waals surface area (Å²) < 4.78 is 10.6. The molecule has 3 rings (SSSR count). The Hall–Kier alpha value is -3.18. The summed E-state index contributed by atoms with van der Waals surface area (Å²) in [6, 6.07) is 24.0. The van der Waals surface area contributed by atoms with E-state index in [0.717, 1.165) is 38.7 Å². The van der Waals surface area contributed by atoms with Gasteiger partial charge < -0.3 is 14.6 Å². The number of thioether (sulfide) groups is 1. The summed E-state index contributed by atoms with van der Waals surface area (Å²) in [6.07, 6.45) is 2.23. The molecule has 0 unspecified atom stereocenters. The van der Waals surface area contributed by atoms with E-state index in [2.05, 4.69) is 24.3 Å². The van der Waals surface area contributed by atoms with E-state index in [1.165, 1.54) is 0 Å². The maximum absolute atomic E-state index is 10.7. The third-order valence-corrected chi connectivity index (χ3v) is 5.60. The van der Waals surface area contributed by atoms with Crippen LogP contribution in [0.2, 0.25) is 0 Å². The summed E-state index contributed by atoms with van der Waals surface area (Å²) in [4.78, 5) is 11.8. The summed E-state index contributed by atoms with van der Waals surface area (Å²) in [7, 11) is 1.67. The van der Waals surface area contributed by atoms with Crippen molar-refractivity contribution >= 4 is 23.3 Å². The van der Waals surface area contributed by atoms with Crippen molar-refractivity contribution in [3.8, 4) is 11.5 Å². The summed E-state index contributed by atoms with van der Waals surface area (Å²) >= 11 is 1.73. The van der Waals surface area contributed by atoms with E-state index in [0.29, 0.717) is 5.75 Å². The highest BCUT2D eigenvalue weighted by Crippen LogP contribution is 2.30. The number of aryl methyl sites for hydroxylation is 1. The van der Waals surface area contributed by atoms with Crippen molar-refractivity contribution < 1.29 is 19.4 Å². The number of carboxylic acids is 1. The zero-order chi connectivity index (χ0) is 21.3. The number of carboxylic acid groups (broad SMARTS) is 1. The molecule has 0 saturated heterocycles. The maximum Gasteiger partial charge on any atom is 0.341 e. The predicted octanol–water partition coefficient (Wildman–Crippen LogP) is 5.69. The van der Waals surface area contributed by atoms with Gasteiger partial charge in [-0.1, -0.05) is 48.5 Å². The van der Waals surface area contributed by atoms with E-state index < -0.39 is 5.97 Å². The molecule has 5 heteroatoms. The highest BCUT2D eigenvalue weighted by molar-refractivity contribution is 7.99. The lowest BCUT2D eigenvalue weighted by molar-refractivity contribution is -0.139. The molecule has 0 aromatic heterocycles. The Bertz CT molecular complexity index is 1030. The Kier molecular flexibility index (Phi) is 7.57. The Morgan fingerprint density at radius 3 is 2.43 bits per heavy atom. The zero-order valence-corrected chi connectivity index (χ0v) is 17.8. The van der Waals surface area contributed by atoms with Crippen molar-refractivity contribution in [2.45, 2.75) is 11.8 Å². The third kappa shape index (κ3) is 5.91. The summed E-state index contributed by atoms with van der Waals surface area (Å²) in [5.74, 6) is 1.20. The van der Waals surface area contributed by atoms with Crippen LogP contribution in [0.5, 0.6) is 11.5 Å². The molecule has 0 heterocycles. The van der Waals surface area contributed by atoms with Crippen LogP contribution in [0, 0.1) is 6.92 Å². The number of benzene rings is 3.